The highest BCUT2D eigenvalue weighted by Gasteiger charge is 2.69. The summed E-state index contributed by atoms with van der Waals surface area (Å²) >= 11 is 9.43. The van der Waals surface area contributed by atoms with Gasteiger partial charge in [-0.15, -0.1) is 11.8 Å². The first kappa shape index (κ1) is 27.2. The maximum atomic E-state index is 14.0. The van der Waals surface area contributed by atoms with Crippen LogP contribution < -0.4 is 14.5 Å². The van der Waals surface area contributed by atoms with Crippen LogP contribution in [0.1, 0.15) is 33.9 Å². The number of ether oxygens (including phenoxy) is 1. The molecule has 7 atom stereocenters. The smallest absolute Gasteiger partial charge is 0.305 e. The van der Waals surface area contributed by atoms with Crippen LogP contribution in [0.2, 0.25) is 5.02 Å². The van der Waals surface area contributed by atoms with E-state index in [-0.39, 0.29) is 45.6 Å². The zero-order valence-electron chi connectivity index (χ0n) is 23.0. The van der Waals surface area contributed by atoms with Crippen LogP contribution in [-0.2, 0) is 16.2 Å². The molecule has 6 nitrogen and oxygen atoms in total. The molecule has 218 valence electrons. The maximum absolute atomic E-state index is 14.0. The number of halogens is 2. The van der Waals surface area contributed by atoms with Gasteiger partial charge >= 0.3 is 4.87 Å². The second-order valence-corrected chi connectivity index (χ2v) is 14.5. The number of thioether (sulfide) groups is 1. The van der Waals surface area contributed by atoms with Crippen molar-refractivity contribution < 1.29 is 18.7 Å². The average Bonchev–Trinajstić information content (AvgIpc) is 3.72. The second kappa shape index (κ2) is 10.1. The molecule has 8 rings (SSSR count). The molecule has 3 heterocycles. The van der Waals surface area contributed by atoms with Gasteiger partial charge in [0, 0.05) is 26.6 Å². The molecular weight excluding hydrogens is 607 g/mol. The van der Waals surface area contributed by atoms with Crippen LogP contribution >= 0.6 is 34.7 Å². The van der Waals surface area contributed by atoms with Crippen LogP contribution in [0.4, 0.5) is 10.1 Å². The zero-order chi connectivity index (χ0) is 29.6. The molecule has 2 saturated carbocycles. The predicted molar refractivity (Wildman–Crippen MR) is 164 cm³/mol. The van der Waals surface area contributed by atoms with Gasteiger partial charge in [0.15, 0.2) is 0 Å². The summed E-state index contributed by atoms with van der Waals surface area (Å²) < 4.78 is 20.1. The number of hydrogen-bond donors (Lipinski definition) is 1. The maximum Gasteiger partial charge on any atom is 0.305 e. The zero-order valence-corrected chi connectivity index (χ0v) is 25.3. The molecule has 3 fully saturated rings. The highest BCUT2D eigenvalue weighted by Crippen LogP contribution is 2.69. The Hall–Kier alpha value is -3.40. The van der Waals surface area contributed by atoms with Crippen LogP contribution in [0.3, 0.4) is 0 Å². The fourth-order valence-corrected chi connectivity index (χ4v) is 11.1. The summed E-state index contributed by atoms with van der Waals surface area (Å²) in [4.78, 5) is 45.6. The molecule has 2 amide bonds. The lowest BCUT2D eigenvalue weighted by Gasteiger charge is -2.43. The van der Waals surface area contributed by atoms with Crippen molar-refractivity contribution in [3.05, 3.63) is 109 Å². The molecule has 0 spiro atoms. The van der Waals surface area contributed by atoms with Gasteiger partial charge in [-0.1, -0.05) is 47.2 Å². The lowest BCUT2D eigenvalue weighted by molar-refractivity contribution is -0.123. The first-order valence-corrected chi connectivity index (χ1v) is 16.4. The molecule has 2 aliphatic carbocycles. The van der Waals surface area contributed by atoms with E-state index in [1.54, 1.807) is 11.8 Å². The minimum Gasteiger partial charge on any atom is -0.489 e. The van der Waals surface area contributed by atoms with Crippen LogP contribution in [0, 0.1) is 42.3 Å². The largest absolute Gasteiger partial charge is 0.489 e. The number of rotatable bonds is 5. The monoisotopic (exact) mass is 632 g/mol. The highest BCUT2D eigenvalue weighted by atomic mass is 35.5. The van der Waals surface area contributed by atoms with Crippen molar-refractivity contribution in [1.82, 2.24) is 4.98 Å². The Morgan fingerprint density at radius 3 is 2.51 bits per heavy atom. The van der Waals surface area contributed by atoms with Crippen LogP contribution in [0.15, 0.2) is 76.6 Å². The van der Waals surface area contributed by atoms with Crippen molar-refractivity contribution in [2.75, 3.05) is 4.90 Å². The van der Waals surface area contributed by atoms with Crippen molar-refractivity contribution in [2.45, 2.75) is 36.1 Å². The van der Waals surface area contributed by atoms with Gasteiger partial charge in [0.25, 0.3) is 0 Å². The Morgan fingerprint density at radius 1 is 1.00 bits per heavy atom. The van der Waals surface area contributed by atoms with Gasteiger partial charge in [0.2, 0.25) is 11.8 Å². The Labute approximate surface area is 260 Å². The number of thiazole rings is 1. The molecule has 0 radical (unpaired) electrons. The molecule has 4 aliphatic rings. The predicted octanol–water partition coefficient (Wildman–Crippen LogP) is 6.79. The number of carbonyl (C=O) groups is 2. The number of nitrogens with one attached hydrogen (secondary N) is 1. The Morgan fingerprint density at radius 2 is 1.74 bits per heavy atom. The van der Waals surface area contributed by atoms with E-state index in [9.17, 15) is 18.8 Å². The fraction of sp³-hybridized carbons (Fsp3) is 0.303. The lowest BCUT2D eigenvalue weighted by atomic mass is 9.68. The summed E-state index contributed by atoms with van der Waals surface area (Å²) in [5.74, 6) is -1.36. The number of fused-ring (bicyclic) bond motifs is 9. The topological polar surface area (TPSA) is 79.5 Å². The Kier molecular flexibility index (Phi) is 6.37. The normalized spacial score (nSPS) is 28.6. The third-order valence-electron chi connectivity index (χ3n) is 9.76. The van der Waals surface area contributed by atoms with Gasteiger partial charge in [-0.05, 0) is 84.7 Å². The van der Waals surface area contributed by atoms with Gasteiger partial charge in [-0.3, -0.25) is 19.3 Å². The fourth-order valence-electron chi connectivity index (χ4n) is 8.03. The number of aryl methyl sites for hydroxylation is 1. The molecule has 1 saturated heterocycles. The van der Waals surface area contributed by atoms with Crippen molar-refractivity contribution in [2.24, 2.45) is 29.6 Å². The number of hydrogen-bond acceptors (Lipinski definition) is 6. The number of benzene rings is 3. The van der Waals surface area contributed by atoms with Crippen molar-refractivity contribution in [3.8, 4) is 5.75 Å². The standard InChI is InChI=1S/C33H26ClFN2O4S2/c1-15-4-2-3-5-16(15)14-41-23-11-6-17(34)12-20(23)24-25-21-13-22(28(25)42-30-29(24)43-33(40)36-30)27-26(21)31(38)37(32(27)39)19-9-7-18(35)8-10-19/h2-12,21-22,24-28H,13-14H2,1H3,(H,36,40)/t21?,22?,24-,25?,26?,27?,28?/m1/s1. The van der Waals surface area contributed by atoms with Gasteiger partial charge in [-0.2, -0.15) is 0 Å². The van der Waals surface area contributed by atoms with E-state index in [1.165, 1.54) is 40.5 Å². The minimum atomic E-state index is -0.459. The third kappa shape index (κ3) is 4.15. The van der Waals surface area contributed by atoms with E-state index < -0.39 is 17.7 Å². The molecule has 2 bridgehead atoms. The number of aromatic nitrogens is 1. The lowest BCUT2D eigenvalue weighted by Crippen LogP contribution is -2.42. The summed E-state index contributed by atoms with van der Waals surface area (Å²) in [6.07, 6.45) is 0.766. The van der Waals surface area contributed by atoms with Crippen LogP contribution in [0.5, 0.6) is 5.75 Å². The minimum absolute atomic E-state index is 0.000559. The molecule has 1 N–H and O–H groups in total. The number of H-pyrrole nitrogens is 1. The van der Waals surface area contributed by atoms with Gasteiger partial charge in [-0.25, -0.2) is 4.39 Å². The summed E-state index contributed by atoms with van der Waals surface area (Å²) in [5, 5.41) is 1.41. The van der Waals surface area contributed by atoms with Crippen LogP contribution in [0.25, 0.3) is 0 Å². The number of aromatic amines is 1. The summed E-state index contributed by atoms with van der Waals surface area (Å²) in [7, 11) is 0. The molecular formula is C33H26ClFN2O4S2. The SMILES string of the molecule is Cc1ccccc1COc1ccc(Cl)cc1[C@H]1c2sc(=O)[nH]c2SC2C3CC(C4C(=O)N(c5ccc(F)cc5)C(=O)C34)C21. The van der Waals surface area contributed by atoms with E-state index >= 15 is 0 Å². The molecule has 10 heteroatoms. The molecule has 1 aromatic heterocycles. The molecule has 3 aromatic carbocycles. The van der Waals surface area contributed by atoms with E-state index in [1.807, 2.05) is 36.4 Å². The molecule has 4 aromatic rings. The Bertz CT molecular complexity index is 1860. The van der Waals surface area contributed by atoms with E-state index in [4.69, 9.17) is 16.3 Å². The molecule has 6 unspecified atom stereocenters. The first-order chi connectivity index (χ1) is 20.8. The molecule has 2 aliphatic heterocycles. The average molecular weight is 633 g/mol. The summed E-state index contributed by atoms with van der Waals surface area (Å²) in [6.45, 7) is 2.43. The Balaban J connectivity index is 1.20. The van der Waals surface area contributed by atoms with E-state index in [0.717, 1.165) is 33.0 Å². The third-order valence-corrected chi connectivity index (χ3v) is 12.6. The number of amides is 2. The van der Waals surface area contributed by atoms with Crippen molar-refractivity contribution in [1.29, 1.82) is 0 Å². The number of anilines is 1. The van der Waals surface area contributed by atoms with Crippen molar-refractivity contribution in [3.63, 3.8) is 0 Å². The van der Waals surface area contributed by atoms with E-state index in [0.29, 0.717) is 23.1 Å². The number of nitrogens with zero attached hydrogens (tertiary/aromatic N) is 1. The quantitative estimate of drug-likeness (QED) is 0.245. The van der Waals surface area contributed by atoms with Gasteiger partial charge in [0.1, 0.15) is 18.2 Å². The van der Waals surface area contributed by atoms with E-state index in [2.05, 4.69) is 18.0 Å². The molecule has 43 heavy (non-hydrogen) atoms. The second-order valence-electron chi connectivity index (χ2n) is 11.8. The summed E-state index contributed by atoms with van der Waals surface area (Å²) in [6, 6.07) is 19.2. The first-order valence-electron chi connectivity index (χ1n) is 14.3. The van der Waals surface area contributed by atoms with Crippen molar-refractivity contribution >= 4 is 52.2 Å². The van der Waals surface area contributed by atoms with Crippen LogP contribution in [-0.4, -0.2) is 22.0 Å². The number of imide groups is 1. The van der Waals surface area contributed by atoms with Gasteiger partial charge < -0.3 is 9.72 Å². The van der Waals surface area contributed by atoms with Gasteiger partial charge in [0.05, 0.1) is 22.5 Å². The summed E-state index contributed by atoms with van der Waals surface area (Å²) in [5.41, 5.74) is 3.51. The number of carbonyl (C=O) groups excluding carboxylic acids is 2. The highest BCUT2D eigenvalue weighted by molar-refractivity contribution is 8.00.